The summed E-state index contributed by atoms with van der Waals surface area (Å²) in [4.78, 5) is 0. The highest BCUT2D eigenvalue weighted by Crippen LogP contribution is 2.20. The Morgan fingerprint density at radius 2 is 1.75 bits per heavy atom. The van der Waals surface area contributed by atoms with Gasteiger partial charge < -0.3 is 0 Å². The summed E-state index contributed by atoms with van der Waals surface area (Å²) in [5.74, 6) is 0. The molecule has 0 aliphatic rings. The zero-order chi connectivity index (χ0) is 9.56. The van der Waals surface area contributed by atoms with Gasteiger partial charge in [0.1, 0.15) is 0 Å². The van der Waals surface area contributed by atoms with Crippen molar-refractivity contribution < 1.29 is 0 Å². The van der Waals surface area contributed by atoms with E-state index in [2.05, 4.69) is 6.58 Å². The van der Waals surface area contributed by atoms with Gasteiger partial charge in [-0.15, -0.1) is 0 Å². The van der Waals surface area contributed by atoms with E-state index in [1.807, 2.05) is 45.0 Å². The lowest BCUT2D eigenvalue weighted by molar-refractivity contribution is 1.50. The van der Waals surface area contributed by atoms with Gasteiger partial charge in [-0.05, 0) is 24.1 Å². The Bertz CT molecular complexity index is 251. The van der Waals surface area contributed by atoms with Crippen molar-refractivity contribution in [1.82, 2.24) is 0 Å². The van der Waals surface area contributed by atoms with Crippen molar-refractivity contribution in [2.24, 2.45) is 0 Å². The van der Waals surface area contributed by atoms with Gasteiger partial charge in [0.25, 0.3) is 0 Å². The van der Waals surface area contributed by atoms with Crippen LogP contribution < -0.4 is 0 Å². The molecule has 0 heterocycles. The van der Waals surface area contributed by atoms with Gasteiger partial charge in [-0.25, -0.2) is 0 Å². The molecule has 1 aromatic rings. The summed E-state index contributed by atoms with van der Waals surface area (Å²) in [5.41, 5.74) is 2.04. The molecule has 0 spiro atoms. The van der Waals surface area contributed by atoms with Crippen LogP contribution >= 0.6 is 11.6 Å². The zero-order valence-corrected chi connectivity index (χ0v) is 8.65. The van der Waals surface area contributed by atoms with Crippen molar-refractivity contribution in [3.63, 3.8) is 0 Å². The molecule has 1 heteroatoms. The Balaban J connectivity index is 0.000000561. The fourth-order valence-electron chi connectivity index (χ4n) is 0.807. The van der Waals surface area contributed by atoms with Crippen LogP contribution in [0.25, 0.3) is 5.57 Å². The number of halogens is 1. The summed E-state index contributed by atoms with van der Waals surface area (Å²) in [6, 6.07) is 7.70. The molecule has 0 saturated heterocycles. The second kappa shape index (κ2) is 5.84. The average molecular weight is 183 g/mol. The van der Waals surface area contributed by atoms with Crippen LogP contribution in [-0.4, -0.2) is 0 Å². The molecule has 0 N–H and O–H groups in total. The minimum absolute atomic E-state index is 0.773. The van der Waals surface area contributed by atoms with E-state index in [0.29, 0.717) is 0 Å². The van der Waals surface area contributed by atoms with Gasteiger partial charge in [0.15, 0.2) is 0 Å². The van der Waals surface area contributed by atoms with Crippen molar-refractivity contribution in [3.8, 4) is 0 Å². The normalized spacial score (nSPS) is 8.33. The summed E-state index contributed by atoms with van der Waals surface area (Å²) in [6.07, 6.45) is 0. The lowest BCUT2D eigenvalue weighted by Crippen LogP contribution is -1.77. The van der Waals surface area contributed by atoms with Crippen LogP contribution in [0, 0.1) is 0 Å². The van der Waals surface area contributed by atoms with Crippen LogP contribution in [0.3, 0.4) is 0 Å². The molecule has 0 aromatic heterocycles. The topological polar surface area (TPSA) is 0 Å². The number of allylic oxidation sites excluding steroid dienone is 1. The van der Waals surface area contributed by atoms with E-state index in [9.17, 15) is 0 Å². The summed E-state index contributed by atoms with van der Waals surface area (Å²) in [5, 5.41) is 0.773. The third-order valence-corrected chi connectivity index (χ3v) is 1.66. The van der Waals surface area contributed by atoms with E-state index in [4.69, 9.17) is 11.6 Å². The maximum atomic E-state index is 5.86. The lowest BCUT2D eigenvalue weighted by Gasteiger charge is -2.00. The standard InChI is InChI=1S/C9H9Cl.C2H6/c1-7(2)8-5-3-4-6-9(8)10;1-2/h3-6H,1H2,2H3;1-2H3. The fourth-order valence-corrected chi connectivity index (χ4v) is 1.10. The quantitative estimate of drug-likeness (QED) is 0.604. The zero-order valence-electron chi connectivity index (χ0n) is 7.89. The second-order valence-corrected chi connectivity index (χ2v) is 2.67. The minimum atomic E-state index is 0.773. The molecule has 0 bridgehead atoms. The van der Waals surface area contributed by atoms with E-state index >= 15 is 0 Å². The third-order valence-electron chi connectivity index (χ3n) is 1.33. The van der Waals surface area contributed by atoms with Gasteiger partial charge in [-0.3, -0.25) is 0 Å². The SMILES string of the molecule is C=C(C)c1ccccc1Cl.CC. The molecular formula is C11H15Cl. The predicted molar refractivity (Wildman–Crippen MR) is 57.5 cm³/mol. The molecular weight excluding hydrogens is 168 g/mol. The van der Waals surface area contributed by atoms with Gasteiger partial charge in [0.2, 0.25) is 0 Å². The van der Waals surface area contributed by atoms with Crippen LogP contribution in [0.2, 0.25) is 5.02 Å². The van der Waals surface area contributed by atoms with Gasteiger partial charge in [-0.2, -0.15) is 0 Å². The fraction of sp³-hybridized carbons (Fsp3) is 0.273. The van der Waals surface area contributed by atoms with Gasteiger partial charge in [-0.1, -0.05) is 50.2 Å². The first-order valence-corrected chi connectivity index (χ1v) is 4.50. The first kappa shape index (κ1) is 11.2. The Morgan fingerprint density at radius 1 is 1.25 bits per heavy atom. The average Bonchev–Trinajstić information content (AvgIpc) is 2.08. The smallest absolute Gasteiger partial charge is 0.0480 e. The van der Waals surface area contributed by atoms with Crippen molar-refractivity contribution in [1.29, 1.82) is 0 Å². The minimum Gasteiger partial charge on any atom is -0.0955 e. The van der Waals surface area contributed by atoms with E-state index in [0.717, 1.165) is 16.2 Å². The summed E-state index contributed by atoms with van der Waals surface area (Å²) < 4.78 is 0. The molecule has 0 nitrogen and oxygen atoms in total. The molecule has 12 heavy (non-hydrogen) atoms. The Hall–Kier alpha value is -0.750. The molecule has 0 unspecified atom stereocenters. The first-order chi connectivity index (χ1) is 5.72. The van der Waals surface area contributed by atoms with Crippen LogP contribution in [0.4, 0.5) is 0 Å². The lowest BCUT2D eigenvalue weighted by atomic mass is 10.1. The molecule has 0 atom stereocenters. The molecule has 1 rings (SSSR count). The molecule has 1 aromatic carbocycles. The number of rotatable bonds is 1. The van der Waals surface area contributed by atoms with Crippen molar-refractivity contribution in [3.05, 3.63) is 41.4 Å². The van der Waals surface area contributed by atoms with Crippen LogP contribution in [-0.2, 0) is 0 Å². The predicted octanol–water partition coefficient (Wildman–Crippen LogP) is 4.40. The van der Waals surface area contributed by atoms with Gasteiger partial charge in [0.05, 0.1) is 0 Å². The maximum absolute atomic E-state index is 5.86. The molecule has 0 saturated carbocycles. The van der Waals surface area contributed by atoms with E-state index in [-0.39, 0.29) is 0 Å². The monoisotopic (exact) mass is 182 g/mol. The molecule has 0 fully saturated rings. The Kier molecular flexibility index (Phi) is 5.48. The van der Waals surface area contributed by atoms with Gasteiger partial charge in [0, 0.05) is 5.02 Å². The molecule has 0 amide bonds. The molecule has 0 aliphatic carbocycles. The largest absolute Gasteiger partial charge is 0.0955 e. The van der Waals surface area contributed by atoms with Crippen LogP contribution in [0.5, 0.6) is 0 Å². The number of hydrogen-bond donors (Lipinski definition) is 0. The van der Waals surface area contributed by atoms with Crippen molar-refractivity contribution >= 4 is 17.2 Å². The van der Waals surface area contributed by atoms with E-state index in [1.54, 1.807) is 0 Å². The van der Waals surface area contributed by atoms with Crippen molar-refractivity contribution in [2.45, 2.75) is 20.8 Å². The van der Waals surface area contributed by atoms with E-state index < -0.39 is 0 Å². The van der Waals surface area contributed by atoms with E-state index in [1.165, 1.54) is 0 Å². The molecule has 0 aliphatic heterocycles. The Morgan fingerprint density at radius 3 is 2.08 bits per heavy atom. The highest BCUT2D eigenvalue weighted by Gasteiger charge is 1.96. The highest BCUT2D eigenvalue weighted by atomic mass is 35.5. The summed E-state index contributed by atoms with van der Waals surface area (Å²) >= 11 is 5.86. The Labute approximate surface area is 79.9 Å². The number of benzene rings is 1. The van der Waals surface area contributed by atoms with Crippen molar-refractivity contribution in [2.75, 3.05) is 0 Å². The maximum Gasteiger partial charge on any atom is 0.0480 e. The molecule has 0 radical (unpaired) electrons. The van der Waals surface area contributed by atoms with Crippen LogP contribution in [0.15, 0.2) is 30.8 Å². The summed E-state index contributed by atoms with van der Waals surface area (Å²) in [7, 11) is 0. The number of hydrogen-bond acceptors (Lipinski definition) is 0. The second-order valence-electron chi connectivity index (χ2n) is 2.26. The first-order valence-electron chi connectivity index (χ1n) is 4.12. The van der Waals surface area contributed by atoms with Gasteiger partial charge >= 0.3 is 0 Å². The summed E-state index contributed by atoms with van der Waals surface area (Å²) in [6.45, 7) is 9.75. The highest BCUT2D eigenvalue weighted by molar-refractivity contribution is 6.32. The third kappa shape index (κ3) is 3.10. The van der Waals surface area contributed by atoms with Crippen LogP contribution in [0.1, 0.15) is 26.3 Å². The molecule has 66 valence electrons.